The van der Waals surface area contributed by atoms with Gasteiger partial charge in [0.25, 0.3) is 5.91 Å². The van der Waals surface area contributed by atoms with Crippen LogP contribution >= 0.6 is 11.3 Å². The number of carbonyl (C=O) groups excluding carboxylic acids is 2. The van der Waals surface area contributed by atoms with Gasteiger partial charge in [-0.15, -0.1) is 17.9 Å². The normalized spacial score (nSPS) is 23.6. The second-order valence-corrected chi connectivity index (χ2v) is 14.8. The first kappa shape index (κ1) is 40.4. The lowest BCUT2D eigenvalue weighted by atomic mass is 9.47. The number of anilines is 1. The topological polar surface area (TPSA) is 80.3 Å². The second kappa shape index (κ2) is 18.4. The molecule has 52 heavy (non-hydrogen) atoms. The Morgan fingerprint density at radius 1 is 1.12 bits per heavy atom. The number of ether oxygens (including phenoxy) is 1. The third-order valence-electron chi connectivity index (χ3n) is 10.9. The molecule has 1 aromatic heterocycles. The number of allylic oxidation sites excluding steroid dienone is 11. The quantitative estimate of drug-likeness (QED) is 0.119. The van der Waals surface area contributed by atoms with Gasteiger partial charge in [-0.05, 0) is 98.5 Å². The van der Waals surface area contributed by atoms with Gasteiger partial charge in [-0.25, -0.2) is 4.98 Å². The van der Waals surface area contributed by atoms with Gasteiger partial charge in [0, 0.05) is 41.1 Å². The van der Waals surface area contributed by atoms with Crippen LogP contribution in [0.15, 0.2) is 126 Å². The highest BCUT2D eigenvalue weighted by Crippen LogP contribution is 2.68. The zero-order chi connectivity index (χ0) is 38.0. The molecule has 4 rings (SSSR count). The van der Waals surface area contributed by atoms with Crippen LogP contribution in [0.2, 0.25) is 0 Å². The molecule has 0 bridgehead atoms. The predicted octanol–water partition coefficient (Wildman–Crippen LogP) is 11.0. The van der Waals surface area contributed by atoms with Crippen molar-refractivity contribution in [3.8, 4) is 11.3 Å². The largest absolute Gasteiger partial charge is 0.375 e. The summed E-state index contributed by atoms with van der Waals surface area (Å²) in [6, 6.07) is 7.43. The predicted molar refractivity (Wildman–Crippen MR) is 219 cm³/mol. The molecule has 1 heterocycles. The summed E-state index contributed by atoms with van der Waals surface area (Å²) in [5.74, 6) is 0.416. The van der Waals surface area contributed by atoms with Crippen LogP contribution in [-0.2, 0) is 9.53 Å². The van der Waals surface area contributed by atoms with Gasteiger partial charge in [-0.1, -0.05) is 101 Å². The lowest BCUT2D eigenvalue weighted by molar-refractivity contribution is -0.138. The standard InChI is InChI=1S/C45H57N3O3S/c1-11-20-35(29(8)13-3)41-34(16-6)36(21-12-2)37-27-38(45(37,41)10)43(50)48-44-47-40(28-52-44)32-23-19-24-33(26-32)42(49)46-39(31(14-4)15-5)25-18-22-30(9)51-17-7/h11-14,16,18-24,26,28-30,35,37-38,41H,3-4,6,15,17,25,27H2,1-2,5,7-10H3,(H,46,49)(H,47,48,50)/b20-11-,21-12-,22-18-,39-31-. The molecule has 0 spiro atoms. The Morgan fingerprint density at radius 2 is 1.88 bits per heavy atom. The first-order chi connectivity index (χ1) is 25.0. The Kier molecular flexibility index (Phi) is 14.3. The van der Waals surface area contributed by atoms with Crippen LogP contribution in [0.3, 0.4) is 0 Å². The average molecular weight is 720 g/mol. The number of carbonyl (C=O) groups is 2. The van der Waals surface area contributed by atoms with Gasteiger partial charge < -0.3 is 15.4 Å². The molecule has 2 N–H and O–H groups in total. The number of nitrogens with zero attached hydrogens (tertiary/aromatic N) is 1. The van der Waals surface area contributed by atoms with Gasteiger partial charge in [0.2, 0.25) is 5.91 Å². The van der Waals surface area contributed by atoms with Crippen molar-refractivity contribution >= 4 is 28.3 Å². The van der Waals surface area contributed by atoms with Gasteiger partial charge in [0.15, 0.2) is 5.13 Å². The molecule has 2 amide bonds. The lowest BCUT2D eigenvalue weighted by Crippen LogP contribution is -2.55. The summed E-state index contributed by atoms with van der Waals surface area (Å²) in [5, 5.41) is 8.76. The number of amides is 2. The van der Waals surface area contributed by atoms with Crippen molar-refractivity contribution in [2.45, 2.75) is 73.8 Å². The van der Waals surface area contributed by atoms with E-state index in [1.165, 1.54) is 22.5 Å². The molecule has 6 nitrogen and oxygen atoms in total. The summed E-state index contributed by atoms with van der Waals surface area (Å²) in [7, 11) is 0. The van der Waals surface area contributed by atoms with Crippen molar-refractivity contribution in [1.29, 1.82) is 0 Å². The fraction of sp³-hybridized carbons (Fsp3) is 0.400. The van der Waals surface area contributed by atoms with Crippen molar-refractivity contribution in [3.63, 3.8) is 0 Å². The van der Waals surface area contributed by atoms with Gasteiger partial charge in [0.1, 0.15) is 0 Å². The van der Waals surface area contributed by atoms with E-state index in [0.717, 1.165) is 29.7 Å². The Labute approximate surface area is 315 Å². The highest BCUT2D eigenvalue weighted by atomic mass is 32.1. The molecule has 1 saturated carbocycles. The van der Waals surface area contributed by atoms with Crippen LogP contribution in [0.4, 0.5) is 5.13 Å². The van der Waals surface area contributed by atoms with Crippen LogP contribution < -0.4 is 10.6 Å². The van der Waals surface area contributed by atoms with Crippen molar-refractivity contribution in [2.75, 3.05) is 11.9 Å². The van der Waals surface area contributed by atoms with E-state index >= 15 is 0 Å². The molecule has 1 fully saturated rings. The third-order valence-corrected chi connectivity index (χ3v) is 11.7. The van der Waals surface area contributed by atoms with E-state index in [9.17, 15) is 9.59 Å². The van der Waals surface area contributed by atoms with E-state index < -0.39 is 0 Å². The minimum absolute atomic E-state index is 0.00601. The maximum absolute atomic E-state index is 14.1. The molecule has 2 aliphatic rings. The van der Waals surface area contributed by atoms with Crippen molar-refractivity contribution in [3.05, 3.63) is 132 Å². The molecule has 2 aromatic rings. The first-order valence-corrected chi connectivity index (χ1v) is 19.5. The Balaban J connectivity index is 1.53. The summed E-state index contributed by atoms with van der Waals surface area (Å²) in [4.78, 5) is 32.4. The van der Waals surface area contributed by atoms with Gasteiger partial charge in [0.05, 0.1) is 11.8 Å². The zero-order valence-electron chi connectivity index (χ0n) is 32.1. The molecular weight excluding hydrogens is 663 g/mol. The summed E-state index contributed by atoms with van der Waals surface area (Å²) in [6.45, 7) is 27.5. The highest BCUT2D eigenvalue weighted by molar-refractivity contribution is 7.14. The Bertz CT molecular complexity index is 1790. The van der Waals surface area contributed by atoms with Crippen molar-refractivity contribution < 1.29 is 14.3 Å². The number of hydrogen-bond donors (Lipinski definition) is 2. The smallest absolute Gasteiger partial charge is 0.255 e. The van der Waals surface area contributed by atoms with Crippen LogP contribution in [0.1, 0.15) is 78.1 Å². The average Bonchev–Trinajstić information content (AvgIpc) is 3.66. The highest BCUT2D eigenvalue weighted by Gasteiger charge is 2.65. The van der Waals surface area contributed by atoms with E-state index in [1.807, 2.05) is 75.6 Å². The second-order valence-electron chi connectivity index (χ2n) is 13.9. The van der Waals surface area contributed by atoms with E-state index in [4.69, 9.17) is 9.72 Å². The summed E-state index contributed by atoms with van der Waals surface area (Å²) >= 11 is 1.39. The van der Waals surface area contributed by atoms with Crippen LogP contribution in [0.5, 0.6) is 0 Å². The molecule has 0 saturated heterocycles. The Morgan fingerprint density at radius 3 is 2.52 bits per heavy atom. The number of benzene rings is 1. The van der Waals surface area contributed by atoms with Crippen LogP contribution in [0.25, 0.3) is 11.3 Å². The van der Waals surface area contributed by atoms with Crippen LogP contribution in [-0.4, -0.2) is 29.5 Å². The third kappa shape index (κ3) is 8.48. The minimum Gasteiger partial charge on any atom is -0.375 e. The number of nitrogens with one attached hydrogen (secondary N) is 2. The number of thiazole rings is 1. The molecular formula is C45H57N3O3S. The SMILES string of the molecule is C=CC1=C(/C=C\C)C2CC(C(=O)Nc3nc(-c4cccc(C(=O)N/C(C/C=C\C(C)OCC)=C(/C=C)CC)c4)cs3)C2(C)C1C(/C=C\C)C(C)C=C. The van der Waals surface area contributed by atoms with Gasteiger partial charge in [-0.2, -0.15) is 0 Å². The van der Waals surface area contributed by atoms with E-state index in [0.29, 0.717) is 29.4 Å². The molecule has 0 radical (unpaired) electrons. The maximum Gasteiger partial charge on any atom is 0.255 e. The van der Waals surface area contributed by atoms with Crippen molar-refractivity contribution in [1.82, 2.24) is 10.3 Å². The zero-order valence-corrected chi connectivity index (χ0v) is 32.9. The minimum atomic E-state index is -0.278. The van der Waals surface area contributed by atoms with E-state index in [2.05, 4.69) is 75.4 Å². The van der Waals surface area contributed by atoms with E-state index in [-0.39, 0.29) is 52.9 Å². The number of fused-ring (bicyclic) bond motifs is 1. The number of rotatable bonds is 18. The lowest BCUT2D eigenvalue weighted by Gasteiger charge is -2.55. The van der Waals surface area contributed by atoms with Gasteiger partial charge in [-0.3, -0.25) is 9.59 Å². The fourth-order valence-electron chi connectivity index (χ4n) is 8.18. The molecule has 7 atom stereocenters. The molecule has 276 valence electrons. The number of hydrogen-bond acceptors (Lipinski definition) is 5. The summed E-state index contributed by atoms with van der Waals surface area (Å²) in [6.07, 6.45) is 20.6. The first-order valence-electron chi connectivity index (χ1n) is 18.6. The molecule has 0 aliphatic heterocycles. The van der Waals surface area contributed by atoms with E-state index in [1.54, 1.807) is 12.1 Å². The molecule has 1 aromatic carbocycles. The molecule has 2 aliphatic carbocycles. The van der Waals surface area contributed by atoms with Gasteiger partial charge >= 0.3 is 0 Å². The summed E-state index contributed by atoms with van der Waals surface area (Å²) in [5.41, 5.74) is 6.08. The maximum atomic E-state index is 14.1. The molecule has 7 heteroatoms. The monoisotopic (exact) mass is 719 g/mol. The molecule has 7 unspecified atom stereocenters. The summed E-state index contributed by atoms with van der Waals surface area (Å²) < 4.78 is 5.61. The fourth-order valence-corrected chi connectivity index (χ4v) is 8.90. The number of aromatic nitrogens is 1. The Hall–Kier alpha value is -4.33. The van der Waals surface area contributed by atoms with Crippen molar-refractivity contribution in [2.24, 2.45) is 35.0 Å². The van der Waals surface area contributed by atoms with Crippen LogP contribution in [0, 0.1) is 35.0 Å².